The first kappa shape index (κ1) is 19.5. The molecule has 0 aliphatic carbocycles. The zero-order valence-corrected chi connectivity index (χ0v) is 16.5. The Morgan fingerprint density at radius 3 is 2.43 bits per heavy atom. The van der Waals surface area contributed by atoms with Crippen LogP contribution in [0.4, 0.5) is 5.69 Å². The molecule has 0 fully saturated rings. The Morgan fingerprint density at radius 1 is 0.929 bits per heavy atom. The molecule has 3 rings (SSSR count). The number of methoxy groups -OCH3 is 2. The van der Waals surface area contributed by atoms with Gasteiger partial charge in [0.05, 0.1) is 20.6 Å². The average Bonchev–Trinajstić information content (AvgIpc) is 2.73. The highest BCUT2D eigenvalue weighted by atomic mass is 16.5. The van der Waals surface area contributed by atoms with Crippen LogP contribution >= 0.6 is 0 Å². The van der Waals surface area contributed by atoms with Gasteiger partial charge in [0.15, 0.2) is 0 Å². The third-order valence-electron chi connectivity index (χ3n) is 4.65. The van der Waals surface area contributed by atoms with E-state index in [1.165, 1.54) is 12.7 Å². The van der Waals surface area contributed by atoms with Crippen molar-refractivity contribution < 1.29 is 14.3 Å². The van der Waals surface area contributed by atoms with E-state index in [4.69, 9.17) is 9.47 Å². The molecule has 0 radical (unpaired) electrons. The molecule has 0 saturated carbocycles. The van der Waals surface area contributed by atoms with Crippen LogP contribution in [0.3, 0.4) is 0 Å². The highest BCUT2D eigenvalue weighted by Crippen LogP contribution is 2.34. The minimum Gasteiger partial charge on any atom is -0.496 e. The van der Waals surface area contributed by atoms with Crippen LogP contribution < -0.4 is 10.1 Å². The van der Waals surface area contributed by atoms with Crippen LogP contribution in [-0.4, -0.2) is 20.2 Å². The summed E-state index contributed by atoms with van der Waals surface area (Å²) < 4.78 is 10.4. The number of rotatable bonds is 7. The molecule has 0 saturated heterocycles. The van der Waals surface area contributed by atoms with Gasteiger partial charge in [-0.25, -0.2) is 0 Å². The smallest absolute Gasteiger partial charge is 0.309 e. The molecule has 4 heteroatoms. The fraction of sp³-hybridized carbons (Fsp3) is 0.208. The van der Waals surface area contributed by atoms with Crippen molar-refractivity contribution in [1.82, 2.24) is 0 Å². The van der Waals surface area contributed by atoms with E-state index in [1.807, 2.05) is 48.5 Å². The van der Waals surface area contributed by atoms with E-state index in [9.17, 15) is 4.79 Å². The van der Waals surface area contributed by atoms with Gasteiger partial charge in [0, 0.05) is 17.8 Å². The van der Waals surface area contributed by atoms with Gasteiger partial charge in [0.1, 0.15) is 5.75 Å². The number of ether oxygens (including phenoxy) is 2. The summed E-state index contributed by atoms with van der Waals surface area (Å²) >= 11 is 0. The lowest BCUT2D eigenvalue weighted by molar-refractivity contribution is -0.139. The quantitative estimate of drug-likeness (QED) is 0.591. The Bertz CT molecular complexity index is 951. The molecule has 0 aliphatic heterocycles. The molecule has 3 aromatic rings. The average molecular weight is 375 g/mol. The van der Waals surface area contributed by atoms with E-state index in [2.05, 4.69) is 30.4 Å². The summed E-state index contributed by atoms with van der Waals surface area (Å²) in [5.41, 5.74) is 6.37. The van der Waals surface area contributed by atoms with Crippen molar-refractivity contribution in [1.29, 1.82) is 0 Å². The van der Waals surface area contributed by atoms with E-state index in [-0.39, 0.29) is 12.4 Å². The molecule has 0 aromatic heterocycles. The lowest BCUT2D eigenvalue weighted by atomic mass is 9.95. The second kappa shape index (κ2) is 9.09. The summed E-state index contributed by atoms with van der Waals surface area (Å²) in [5.74, 6) is 0.518. The molecule has 0 bridgehead atoms. The Kier molecular flexibility index (Phi) is 6.33. The second-order valence-corrected chi connectivity index (χ2v) is 6.67. The van der Waals surface area contributed by atoms with Crippen molar-refractivity contribution in [2.45, 2.75) is 19.9 Å². The monoisotopic (exact) mass is 375 g/mol. The molecule has 0 amide bonds. The van der Waals surface area contributed by atoms with E-state index in [0.29, 0.717) is 6.54 Å². The van der Waals surface area contributed by atoms with Crippen molar-refractivity contribution >= 4 is 11.7 Å². The van der Waals surface area contributed by atoms with E-state index in [0.717, 1.165) is 33.7 Å². The van der Waals surface area contributed by atoms with Crippen LogP contribution in [0.25, 0.3) is 11.1 Å². The second-order valence-electron chi connectivity index (χ2n) is 6.67. The molecule has 0 spiro atoms. The van der Waals surface area contributed by atoms with Crippen molar-refractivity contribution in [3.63, 3.8) is 0 Å². The highest BCUT2D eigenvalue weighted by molar-refractivity contribution is 5.77. The number of hydrogen-bond acceptors (Lipinski definition) is 4. The maximum Gasteiger partial charge on any atom is 0.309 e. The van der Waals surface area contributed by atoms with Gasteiger partial charge in [-0.1, -0.05) is 48.0 Å². The number of hydrogen-bond donors (Lipinski definition) is 1. The number of esters is 1. The molecule has 0 aliphatic rings. The standard InChI is InChI=1S/C24H25NO3/c1-17-9-11-21(19(13-17)16-25-20-7-5-4-6-8-20)22-14-18(15-24(26)28-3)10-12-23(22)27-2/h4-14,25H,15-16H2,1-3H3. The van der Waals surface area contributed by atoms with Gasteiger partial charge in [-0.15, -0.1) is 0 Å². The Labute approximate surface area is 166 Å². The highest BCUT2D eigenvalue weighted by Gasteiger charge is 2.13. The maximum absolute atomic E-state index is 11.7. The third kappa shape index (κ3) is 4.71. The zero-order valence-electron chi connectivity index (χ0n) is 16.5. The Balaban J connectivity index is 1.97. The van der Waals surface area contributed by atoms with Gasteiger partial charge in [-0.2, -0.15) is 0 Å². The summed E-state index contributed by atoms with van der Waals surface area (Å²) in [7, 11) is 3.06. The summed E-state index contributed by atoms with van der Waals surface area (Å²) in [6, 6.07) is 22.3. The molecular weight excluding hydrogens is 350 g/mol. The molecule has 4 nitrogen and oxygen atoms in total. The number of carbonyl (C=O) groups is 1. The lowest BCUT2D eigenvalue weighted by Gasteiger charge is -2.16. The Hall–Kier alpha value is -3.27. The topological polar surface area (TPSA) is 47.6 Å². The minimum atomic E-state index is -0.258. The number of benzene rings is 3. The predicted molar refractivity (Wildman–Crippen MR) is 113 cm³/mol. The minimum absolute atomic E-state index is 0.233. The van der Waals surface area contributed by atoms with Gasteiger partial charge < -0.3 is 14.8 Å². The first-order valence-electron chi connectivity index (χ1n) is 9.23. The molecule has 0 atom stereocenters. The normalized spacial score (nSPS) is 10.4. The third-order valence-corrected chi connectivity index (χ3v) is 4.65. The first-order chi connectivity index (χ1) is 13.6. The van der Waals surface area contributed by atoms with E-state index in [1.54, 1.807) is 7.11 Å². The van der Waals surface area contributed by atoms with Crippen LogP contribution in [0, 0.1) is 6.92 Å². The van der Waals surface area contributed by atoms with Gasteiger partial charge in [-0.05, 0) is 47.9 Å². The predicted octanol–water partition coefficient (Wildman–Crippen LogP) is 5.00. The number of aryl methyl sites for hydroxylation is 1. The van der Waals surface area contributed by atoms with Gasteiger partial charge in [0.25, 0.3) is 0 Å². The van der Waals surface area contributed by atoms with E-state index >= 15 is 0 Å². The fourth-order valence-corrected chi connectivity index (χ4v) is 3.20. The molecular formula is C24H25NO3. The number of para-hydroxylation sites is 1. The summed E-state index contributed by atoms with van der Waals surface area (Å²) in [5, 5.41) is 3.48. The van der Waals surface area contributed by atoms with E-state index < -0.39 is 0 Å². The van der Waals surface area contributed by atoms with Crippen molar-refractivity contribution in [2.24, 2.45) is 0 Å². The molecule has 3 aromatic carbocycles. The van der Waals surface area contributed by atoms with Crippen LogP contribution in [0.2, 0.25) is 0 Å². The van der Waals surface area contributed by atoms with Crippen molar-refractivity contribution in [3.8, 4) is 16.9 Å². The first-order valence-corrected chi connectivity index (χ1v) is 9.23. The van der Waals surface area contributed by atoms with Crippen LogP contribution in [0.5, 0.6) is 5.75 Å². The van der Waals surface area contributed by atoms with Gasteiger partial charge >= 0.3 is 5.97 Å². The summed E-state index contributed by atoms with van der Waals surface area (Å²) in [6.07, 6.45) is 0.233. The molecule has 144 valence electrons. The van der Waals surface area contributed by atoms with Crippen molar-refractivity contribution in [3.05, 3.63) is 83.4 Å². The largest absolute Gasteiger partial charge is 0.496 e. The molecule has 0 heterocycles. The number of carbonyl (C=O) groups excluding carboxylic acids is 1. The van der Waals surface area contributed by atoms with Crippen LogP contribution in [0.15, 0.2) is 66.7 Å². The van der Waals surface area contributed by atoms with Crippen molar-refractivity contribution in [2.75, 3.05) is 19.5 Å². The lowest BCUT2D eigenvalue weighted by Crippen LogP contribution is -2.05. The Morgan fingerprint density at radius 2 is 1.71 bits per heavy atom. The SMILES string of the molecule is COC(=O)Cc1ccc(OC)c(-c2ccc(C)cc2CNc2ccccc2)c1. The van der Waals surface area contributed by atoms with Gasteiger partial charge in [0.2, 0.25) is 0 Å². The molecule has 0 unspecified atom stereocenters. The fourth-order valence-electron chi connectivity index (χ4n) is 3.20. The number of anilines is 1. The van der Waals surface area contributed by atoms with Gasteiger partial charge in [-0.3, -0.25) is 4.79 Å². The van der Waals surface area contributed by atoms with Crippen LogP contribution in [-0.2, 0) is 22.5 Å². The van der Waals surface area contributed by atoms with Crippen LogP contribution in [0.1, 0.15) is 16.7 Å². The molecule has 1 N–H and O–H groups in total. The molecule has 28 heavy (non-hydrogen) atoms. The number of nitrogens with one attached hydrogen (secondary N) is 1. The zero-order chi connectivity index (χ0) is 19.9. The maximum atomic E-state index is 11.7. The summed E-state index contributed by atoms with van der Waals surface area (Å²) in [4.78, 5) is 11.7. The summed E-state index contributed by atoms with van der Waals surface area (Å²) in [6.45, 7) is 2.77.